The van der Waals surface area contributed by atoms with Crippen LogP contribution in [0.3, 0.4) is 0 Å². The maximum Gasteiger partial charge on any atom is 0.245 e. The molecule has 5 heterocycles. The Bertz CT molecular complexity index is 1780. The number of methoxy groups -OCH3 is 1. The Morgan fingerprint density at radius 3 is 2.58 bits per heavy atom. The van der Waals surface area contributed by atoms with E-state index in [9.17, 15) is 17.6 Å². The van der Waals surface area contributed by atoms with Crippen LogP contribution >= 0.6 is 0 Å². The van der Waals surface area contributed by atoms with Gasteiger partial charge in [-0.1, -0.05) is 20.4 Å². The van der Waals surface area contributed by atoms with Gasteiger partial charge in [0.2, 0.25) is 11.9 Å². The van der Waals surface area contributed by atoms with Gasteiger partial charge in [-0.15, -0.1) is 0 Å². The van der Waals surface area contributed by atoms with Crippen molar-refractivity contribution in [2.75, 3.05) is 73.5 Å². The summed E-state index contributed by atoms with van der Waals surface area (Å²) in [6.07, 6.45) is 7.10. The van der Waals surface area contributed by atoms with Crippen LogP contribution in [-0.2, 0) is 19.4 Å². The summed E-state index contributed by atoms with van der Waals surface area (Å²) >= 11 is 0. The van der Waals surface area contributed by atoms with Gasteiger partial charge >= 0.3 is 0 Å². The standard InChI is InChI=1S/C35H46FN7O4S/c1-6-33(44)41-12-7-8-24(19-41)25-14-29(43-17-23(18-43)21-48(5,45)46)27-16-38-32(15-26(27)34(25)22(2)3)39-31-9-11-37-35(40-31)42-13-10-30(47-4)28(36)20-42/h6,9,11,14-16,22-24,28,30H,1,7-8,10,12-13,17-21H2,2-5H3,(H,37,38,39,40)/t24-,28-,30+/m0/s1. The van der Waals surface area contributed by atoms with Gasteiger partial charge in [-0.2, -0.15) is 4.98 Å². The van der Waals surface area contributed by atoms with E-state index < -0.39 is 22.1 Å². The smallest absolute Gasteiger partial charge is 0.245 e. The molecule has 1 amide bonds. The zero-order valence-electron chi connectivity index (χ0n) is 28.2. The summed E-state index contributed by atoms with van der Waals surface area (Å²) in [6.45, 7) is 11.5. The molecule has 3 atom stereocenters. The molecule has 3 fully saturated rings. The first kappa shape index (κ1) is 34.0. The quantitative estimate of drug-likeness (QED) is 0.299. The third-order valence-corrected chi connectivity index (χ3v) is 10.9. The molecule has 11 nitrogen and oxygen atoms in total. The van der Waals surface area contributed by atoms with Gasteiger partial charge in [-0.3, -0.25) is 4.79 Å². The van der Waals surface area contributed by atoms with E-state index in [2.05, 4.69) is 47.8 Å². The van der Waals surface area contributed by atoms with E-state index in [-0.39, 0.29) is 36.0 Å². The molecular formula is C35H46FN7O4S. The first-order valence-corrected chi connectivity index (χ1v) is 18.8. The van der Waals surface area contributed by atoms with E-state index in [0.717, 1.165) is 29.3 Å². The summed E-state index contributed by atoms with van der Waals surface area (Å²) in [5.74, 6) is 2.13. The van der Waals surface area contributed by atoms with Gasteiger partial charge in [0, 0.05) is 81.4 Å². The van der Waals surface area contributed by atoms with Gasteiger partial charge in [0.15, 0.2) is 0 Å². The Labute approximate surface area is 282 Å². The first-order valence-electron chi connectivity index (χ1n) is 16.8. The lowest BCUT2D eigenvalue weighted by Crippen LogP contribution is -2.49. The van der Waals surface area contributed by atoms with Crippen LogP contribution in [0, 0.1) is 5.92 Å². The lowest BCUT2D eigenvalue weighted by atomic mass is 9.81. The number of pyridine rings is 1. The van der Waals surface area contributed by atoms with E-state index in [1.165, 1.54) is 30.6 Å². The fraction of sp³-hybridized carbons (Fsp3) is 0.543. The Hall–Kier alpha value is -3.84. The van der Waals surface area contributed by atoms with Gasteiger partial charge in [0.1, 0.15) is 27.6 Å². The number of carbonyl (C=O) groups excluding carboxylic acids is 1. The van der Waals surface area contributed by atoms with Gasteiger partial charge in [-0.05, 0) is 66.0 Å². The molecule has 0 bridgehead atoms. The topological polar surface area (TPSA) is 121 Å². The number of benzene rings is 1. The number of fused-ring (bicyclic) bond motifs is 1. The molecule has 3 aromatic rings. The largest absolute Gasteiger partial charge is 0.378 e. The molecule has 1 aromatic carbocycles. The molecule has 13 heteroatoms. The minimum atomic E-state index is -3.08. The molecule has 0 aliphatic carbocycles. The van der Waals surface area contributed by atoms with Crippen molar-refractivity contribution >= 4 is 49.8 Å². The number of halogens is 1. The number of sulfone groups is 1. The Kier molecular flexibility index (Phi) is 9.89. The highest BCUT2D eigenvalue weighted by atomic mass is 32.2. The van der Waals surface area contributed by atoms with E-state index in [1.54, 1.807) is 12.3 Å². The fourth-order valence-electron chi connectivity index (χ4n) is 7.55. The first-order chi connectivity index (χ1) is 22.9. The summed E-state index contributed by atoms with van der Waals surface area (Å²) in [7, 11) is -1.54. The minimum absolute atomic E-state index is 0.0526. The highest BCUT2D eigenvalue weighted by Gasteiger charge is 2.34. The number of aromatic nitrogens is 3. The summed E-state index contributed by atoms with van der Waals surface area (Å²) in [6, 6.07) is 6.09. The third-order valence-electron chi connectivity index (χ3n) is 9.80. The normalized spacial score (nSPS) is 22.2. The molecule has 0 spiro atoms. The van der Waals surface area contributed by atoms with Crippen molar-refractivity contribution in [1.82, 2.24) is 19.9 Å². The van der Waals surface area contributed by atoms with E-state index in [4.69, 9.17) is 14.7 Å². The predicted molar refractivity (Wildman–Crippen MR) is 188 cm³/mol. The highest BCUT2D eigenvalue weighted by molar-refractivity contribution is 7.90. The molecule has 3 aliphatic rings. The maximum atomic E-state index is 14.6. The van der Waals surface area contributed by atoms with Crippen molar-refractivity contribution < 1.29 is 22.3 Å². The number of nitrogens with one attached hydrogen (secondary N) is 1. The monoisotopic (exact) mass is 679 g/mol. The van der Waals surface area contributed by atoms with Crippen LogP contribution in [-0.4, -0.2) is 105 Å². The van der Waals surface area contributed by atoms with Crippen molar-refractivity contribution in [3.05, 3.63) is 54.4 Å². The van der Waals surface area contributed by atoms with E-state index in [0.29, 0.717) is 56.7 Å². The summed E-state index contributed by atoms with van der Waals surface area (Å²) < 4.78 is 43.9. The van der Waals surface area contributed by atoms with Gasteiger partial charge in [-0.25, -0.2) is 22.8 Å². The molecule has 258 valence electrons. The molecule has 3 saturated heterocycles. The lowest BCUT2D eigenvalue weighted by molar-refractivity contribution is -0.127. The summed E-state index contributed by atoms with van der Waals surface area (Å²) in [5, 5.41) is 5.42. The van der Waals surface area contributed by atoms with Crippen molar-refractivity contribution in [2.24, 2.45) is 5.92 Å². The van der Waals surface area contributed by atoms with Crippen LogP contribution < -0.4 is 15.1 Å². The van der Waals surface area contributed by atoms with Crippen molar-refractivity contribution in [1.29, 1.82) is 0 Å². The van der Waals surface area contributed by atoms with Gasteiger partial charge in [0.05, 0.1) is 18.4 Å². The SMILES string of the molecule is C=CC(=O)N1CCC[C@H](c2cc(N3CC(CS(C)(=O)=O)C3)c3cnc(Nc4ccnc(N5CC[C@@H](OC)[C@@H](F)C5)n4)cc3c2C(C)C)C1. The average Bonchev–Trinajstić information content (AvgIpc) is 3.04. The molecule has 2 aromatic heterocycles. The number of piperidine rings is 2. The number of rotatable bonds is 10. The highest BCUT2D eigenvalue weighted by Crippen LogP contribution is 2.43. The Balaban J connectivity index is 1.36. The summed E-state index contributed by atoms with van der Waals surface area (Å²) in [4.78, 5) is 32.5. The molecule has 48 heavy (non-hydrogen) atoms. The van der Waals surface area contributed by atoms with E-state index in [1.807, 2.05) is 16.0 Å². The molecule has 0 radical (unpaired) electrons. The number of amides is 1. The number of nitrogens with zero attached hydrogens (tertiary/aromatic N) is 6. The second-order valence-corrected chi connectivity index (χ2v) is 15.9. The summed E-state index contributed by atoms with van der Waals surface area (Å²) in [5.41, 5.74) is 3.45. The Morgan fingerprint density at radius 2 is 1.90 bits per heavy atom. The van der Waals surface area contributed by atoms with Crippen LogP contribution in [0.5, 0.6) is 0 Å². The zero-order valence-corrected chi connectivity index (χ0v) is 29.0. The lowest BCUT2D eigenvalue weighted by Gasteiger charge is -2.42. The number of ether oxygens (including phenoxy) is 1. The third kappa shape index (κ3) is 7.26. The van der Waals surface area contributed by atoms with Crippen LogP contribution in [0.25, 0.3) is 10.8 Å². The van der Waals surface area contributed by atoms with Crippen LogP contribution in [0.2, 0.25) is 0 Å². The molecule has 3 aliphatic heterocycles. The maximum absolute atomic E-state index is 14.6. The fourth-order valence-corrected chi connectivity index (χ4v) is 8.61. The van der Waals surface area contributed by atoms with Crippen LogP contribution in [0.1, 0.15) is 56.1 Å². The van der Waals surface area contributed by atoms with Crippen molar-refractivity contribution in [2.45, 2.75) is 57.2 Å². The van der Waals surface area contributed by atoms with Crippen molar-refractivity contribution in [3.63, 3.8) is 0 Å². The number of alkyl halides is 1. The average molecular weight is 680 g/mol. The number of likely N-dealkylation sites (tertiary alicyclic amines) is 1. The van der Waals surface area contributed by atoms with Gasteiger partial charge in [0.25, 0.3) is 0 Å². The van der Waals surface area contributed by atoms with Gasteiger partial charge < -0.3 is 24.8 Å². The molecule has 0 saturated carbocycles. The molecule has 1 N–H and O–H groups in total. The Morgan fingerprint density at radius 1 is 1.10 bits per heavy atom. The van der Waals surface area contributed by atoms with Crippen LogP contribution in [0.15, 0.2) is 43.2 Å². The number of hydrogen-bond donors (Lipinski definition) is 1. The molecule has 0 unspecified atom stereocenters. The second kappa shape index (κ2) is 13.9. The molecular weight excluding hydrogens is 633 g/mol. The number of hydrogen-bond acceptors (Lipinski definition) is 10. The minimum Gasteiger partial charge on any atom is -0.378 e. The predicted octanol–water partition coefficient (Wildman–Crippen LogP) is 4.83. The molecule has 6 rings (SSSR count). The second-order valence-electron chi connectivity index (χ2n) is 13.8. The zero-order chi connectivity index (χ0) is 34.2. The van der Waals surface area contributed by atoms with E-state index >= 15 is 0 Å². The number of anilines is 4. The number of carbonyl (C=O) groups is 1. The van der Waals surface area contributed by atoms with Crippen molar-refractivity contribution in [3.8, 4) is 0 Å². The van der Waals surface area contributed by atoms with Crippen LogP contribution in [0.4, 0.5) is 27.7 Å².